The Morgan fingerprint density at radius 1 is 0.247 bits per heavy atom. The van der Waals surface area contributed by atoms with Gasteiger partial charge < -0.3 is 33.2 Å². The van der Waals surface area contributed by atoms with E-state index in [1.54, 1.807) is 71.0 Å². The van der Waals surface area contributed by atoms with Crippen molar-refractivity contribution in [3.63, 3.8) is 0 Å². The van der Waals surface area contributed by atoms with Crippen molar-refractivity contribution in [3.05, 3.63) is 216 Å². The van der Waals surface area contributed by atoms with Gasteiger partial charge in [0.1, 0.15) is 23.2 Å². The summed E-state index contributed by atoms with van der Waals surface area (Å²) < 4.78 is 256. The Morgan fingerprint density at radius 3 is 0.747 bits per heavy atom. The lowest BCUT2D eigenvalue weighted by molar-refractivity contribution is -0.224. The van der Waals surface area contributed by atoms with Gasteiger partial charge in [-0.15, -0.1) is 0 Å². The topological polar surface area (TPSA) is 64.6 Å². The zero-order chi connectivity index (χ0) is 105. The van der Waals surface area contributed by atoms with Crippen molar-refractivity contribution in [3.8, 4) is 40.2 Å². The minimum absolute atomic E-state index is 0. The summed E-state index contributed by atoms with van der Waals surface area (Å²) >= 11 is 11.4. The lowest BCUT2D eigenvalue weighted by Gasteiger charge is -2.37. The van der Waals surface area contributed by atoms with Gasteiger partial charge in [-0.05, 0) is 366 Å². The molecule has 0 saturated heterocycles. The van der Waals surface area contributed by atoms with E-state index in [2.05, 4.69) is 59.3 Å². The van der Waals surface area contributed by atoms with E-state index in [0.29, 0.717) is 132 Å². The van der Waals surface area contributed by atoms with Crippen molar-refractivity contribution in [2.45, 2.75) is 355 Å². The lowest BCUT2D eigenvalue weighted by Crippen LogP contribution is -2.37. The molecule has 9 aliphatic rings. The standard InChI is InChI=1S/2C21H30F2O.C17H22F2O.2C15H18ClF3O.2C15H20F2O.2CH4.9H2/c2*1-14-3-8-17(9-4-14)18-10-6-16(7-11-18)13-24-19-12-5-15(2)20(22)21(19)23;1-12-5-8-14(9-6-12)4-3-11-20-15-10-7-13(2)16(18)17(15)19;1-9-3-6-11(7-4-9)15(18,19)20-12-8-5-10(2)14(17)13(12)16;1-9-3-6-11(7-4-9)15(18,19)20-12-8-5-10(2)13(16)14(12)17;2*1-10-3-6-12(7-4-10)9-18-13-8-5-11(2)14(16)15(13)17;;;;;;;;;;;/h2*5,12,14,16-18H,3-4,6-11,13H2,1-2H3;3-4,7,10,12,14H,5-6,8-9,11H2,1-2H3;2*5,8-9,11H,3-4,6-7H2,1-2H3;2*5,8,10,12H,3-4,6-7,9H2,1-2H3;2*1H4;9*1H/b;;4-3+;;;;;;;;;;;;;;;. The Kier molecular flexibility index (Phi) is 50.7. The van der Waals surface area contributed by atoms with Gasteiger partial charge in [0.2, 0.25) is 29.1 Å². The van der Waals surface area contributed by atoms with Gasteiger partial charge in [-0.1, -0.05) is 231 Å². The zero-order valence-electron chi connectivity index (χ0n) is 87.3. The van der Waals surface area contributed by atoms with Crippen LogP contribution < -0.4 is 33.2 Å². The van der Waals surface area contributed by atoms with Crippen LogP contribution in [0.3, 0.4) is 0 Å². The number of benzene rings is 7. The second-order valence-electron chi connectivity index (χ2n) is 44.2. The summed E-state index contributed by atoms with van der Waals surface area (Å²) in [4.78, 5) is 0. The van der Waals surface area contributed by atoms with Crippen LogP contribution in [-0.2, 0) is 0 Å². The average molecular weight is 2130 g/mol. The van der Waals surface area contributed by atoms with Crippen LogP contribution in [0.1, 0.15) is 346 Å². The van der Waals surface area contributed by atoms with Gasteiger partial charge in [0.25, 0.3) is 0 Å². The molecule has 9 aliphatic carbocycles. The second-order valence-corrected chi connectivity index (χ2v) is 44.9. The number of hydrogen-bond acceptors (Lipinski definition) is 7. The van der Waals surface area contributed by atoms with Crippen LogP contribution >= 0.6 is 23.2 Å². The lowest BCUT2D eigenvalue weighted by atomic mass is 9.69. The first-order chi connectivity index (χ1) is 68.4. The fourth-order valence-electron chi connectivity index (χ4n) is 21.6. The third-order valence-corrected chi connectivity index (χ3v) is 33.2. The molecule has 16 rings (SSSR count). The third kappa shape index (κ3) is 37.4. The van der Waals surface area contributed by atoms with Crippen molar-refractivity contribution in [2.75, 3.05) is 33.0 Å². The molecule has 0 radical (unpaired) electrons. The van der Waals surface area contributed by atoms with E-state index in [9.17, 15) is 70.2 Å². The Bertz CT molecular complexity index is 4880. The molecular formula is C121H184Cl2F16O7. The number of aryl methyl sites for hydroxylation is 7. The van der Waals surface area contributed by atoms with Gasteiger partial charge in [0, 0.05) is 12.8 Å². The number of rotatable bonds is 24. The van der Waals surface area contributed by atoms with Crippen LogP contribution in [0.5, 0.6) is 40.2 Å². The third-order valence-electron chi connectivity index (χ3n) is 32.4. The molecule has 0 spiro atoms. The van der Waals surface area contributed by atoms with Gasteiger partial charge >= 0.3 is 12.2 Å². The normalized spacial score (nSPS) is 25.8. The maximum absolute atomic E-state index is 14.1. The predicted molar refractivity (Wildman–Crippen MR) is 577 cm³/mol. The van der Waals surface area contributed by atoms with E-state index in [1.807, 2.05) is 6.08 Å². The fraction of sp³-hybridized carbons (Fsp3) is 0.636. The van der Waals surface area contributed by atoms with Crippen molar-refractivity contribution >= 4 is 23.2 Å². The summed E-state index contributed by atoms with van der Waals surface area (Å²) in [6.07, 6.45) is 37.3. The molecule has 0 N–H and O–H groups in total. The molecule has 7 aromatic rings. The predicted octanol–water partition coefficient (Wildman–Crippen LogP) is 41.2. The largest absolute Gasteiger partial charge is 0.490 e. The van der Waals surface area contributed by atoms with Crippen molar-refractivity contribution < 1.29 is 116 Å². The Balaban J connectivity index is 0. The molecule has 0 heterocycles. The first-order valence-corrected chi connectivity index (χ1v) is 54.3. The smallest absolute Gasteiger partial charge is 0.400 e. The second kappa shape index (κ2) is 60.0. The monoisotopic (exact) mass is 2120 g/mol. The van der Waals surface area contributed by atoms with E-state index in [4.69, 9.17) is 51.6 Å². The van der Waals surface area contributed by atoms with Gasteiger partial charge in [-0.2, -0.15) is 39.5 Å². The first kappa shape index (κ1) is 124. The highest BCUT2D eigenvalue weighted by molar-refractivity contribution is 6.32. The van der Waals surface area contributed by atoms with Gasteiger partial charge in [0.15, 0.2) is 69.4 Å². The van der Waals surface area contributed by atoms with Gasteiger partial charge in [-0.25, -0.2) is 30.7 Å². The molecule has 0 aromatic heterocycles. The first-order valence-electron chi connectivity index (χ1n) is 53.5. The quantitative estimate of drug-likeness (QED) is 0.0441. The molecular weight excluding hydrogens is 1940 g/mol. The molecule has 0 bridgehead atoms. The number of halogens is 18. The molecule has 9 fully saturated rings. The summed E-state index contributed by atoms with van der Waals surface area (Å²) in [5.41, 5.74) is 2.35. The van der Waals surface area contributed by atoms with Crippen molar-refractivity contribution in [1.29, 1.82) is 0 Å². The summed E-state index contributed by atoms with van der Waals surface area (Å²) in [5.74, 6) is -0.964. The molecule has 7 aromatic carbocycles. The summed E-state index contributed by atoms with van der Waals surface area (Å²) in [6, 6.07) is 20.7. The van der Waals surface area contributed by atoms with Crippen molar-refractivity contribution in [1.82, 2.24) is 0 Å². The number of hydrogen-bond donors (Lipinski definition) is 0. The molecule has 0 unspecified atom stereocenters. The van der Waals surface area contributed by atoms with E-state index in [1.165, 1.54) is 191 Å². The zero-order valence-corrected chi connectivity index (χ0v) is 88.8. The van der Waals surface area contributed by atoms with Crippen LogP contribution in [0.25, 0.3) is 0 Å². The van der Waals surface area contributed by atoms with Gasteiger partial charge in [0.05, 0.1) is 43.3 Å². The summed E-state index contributed by atoms with van der Waals surface area (Å²) in [5, 5.41) is -0.551. The summed E-state index contributed by atoms with van der Waals surface area (Å²) in [6.45, 7) is 28.8. The molecule has 146 heavy (non-hydrogen) atoms. The SMILES string of the molecule is C.C.Cc1ccc(OC(F)(F)C2CCC(C)CC2)c(Cl)c1F.Cc1ccc(OC(F)(F)C2CCC(C)CC2)c(F)c1Cl.Cc1ccc(OC/C=C/C2CCC(C)CC2)c(F)c1F.Cc1ccc(OCC2CCC(C)CC2)c(F)c1F.Cc1ccc(OCC2CCC(C)CC2)c(F)c1F.Cc1ccc(OCC2CCC(C3CCC(C)CC3)CC2)c(F)c1F.Cc1ccc(OCC2CCC(C3CCC(C)CC3)CC2)c(F)c1F.[HH].[HH].[HH].[HH].[HH].[HH].[HH].[HH].[HH]. The van der Waals surface area contributed by atoms with Crippen LogP contribution in [0, 0.1) is 225 Å². The van der Waals surface area contributed by atoms with E-state index < -0.39 is 99.6 Å². The minimum Gasteiger partial charge on any atom is -0.490 e. The Labute approximate surface area is 885 Å². The molecule has 9 saturated carbocycles. The molecule has 0 atom stereocenters. The number of ether oxygens (including phenoxy) is 7. The van der Waals surface area contributed by atoms with Crippen LogP contribution in [-0.4, -0.2) is 45.3 Å². The highest BCUT2D eigenvalue weighted by Gasteiger charge is 2.46. The Hall–Kier alpha value is -7.66. The number of allylic oxidation sites excluding steroid dienone is 1. The fourth-order valence-corrected chi connectivity index (χ4v) is 22.0. The van der Waals surface area contributed by atoms with Crippen LogP contribution in [0.15, 0.2) is 97.1 Å². The molecule has 25 heteroatoms. The van der Waals surface area contributed by atoms with E-state index in [0.717, 1.165) is 130 Å². The van der Waals surface area contributed by atoms with E-state index in [-0.39, 0.29) is 78.8 Å². The highest BCUT2D eigenvalue weighted by atomic mass is 35.5. The average Bonchev–Trinajstić information content (AvgIpc) is 0.802. The molecule has 7 nitrogen and oxygen atoms in total. The molecule has 0 amide bonds. The molecule has 836 valence electrons. The van der Waals surface area contributed by atoms with E-state index >= 15 is 0 Å². The maximum Gasteiger partial charge on any atom is 0.400 e. The van der Waals surface area contributed by atoms with Crippen LogP contribution in [0.2, 0.25) is 10.0 Å². The highest BCUT2D eigenvalue weighted by Crippen LogP contribution is 2.48. The summed E-state index contributed by atoms with van der Waals surface area (Å²) in [7, 11) is 0. The van der Waals surface area contributed by atoms with Crippen LogP contribution in [0.4, 0.5) is 70.2 Å². The maximum atomic E-state index is 14.1. The minimum atomic E-state index is -3.36. The molecule has 0 aliphatic heterocycles. The Morgan fingerprint density at radius 2 is 0.459 bits per heavy atom. The number of alkyl halides is 4. The van der Waals surface area contributed by atoms with Gasteiger partial charge in [-0.3, -0.25) is 0 Å². The van der Waals surface area contributed by atoms with Crippen molar-refractivity contribution in [2.24, 2.45) is 107 Å².